The van der Waals surface area contributed by atoms with E-state index in [1.807, 2.05) is 6.07 Å². The fraction of sp³-hybridized carbons (Fsp3) is 0.571. The molecule has 3 heteroatoms. The summed E-state index contributed by atoms with van der Waals surface area (Å²) in [6, 6.07) is 10.8. The van der Waals surface area contributed by atoms with Crippen LogP contribution in [0.5, 0.6) is 0 Å². The van der Waals surface area contributed by atoms with Gasteiger partial charge in [0.15, 0.2) is 0 Å². The number of nitrogens with zero attached hydrogens (tertiary/aromatic N) is 1. The SMILES string of the molecule is CC1CN(C(CN)c2ccccc2)CC(C)O1. The number of morpholine rings is 1. The standard InChI is InChI=1S/C14H22N2O/c1-11-9-16(10-12(2)17-11)14(8-15)13-6-4-3-5-7-13/h3-7,11-12,14H,8-10,15H2,1-2H3. The summed E-state index contributed by atoms with van der Waals surface area (Å²) >= 11 is 0. The van der Waals surface area contributed by atoms with Crippen molar-refractivity contribution in [3.63, 3.8) is 0 Å². The van der Waals surface area contributed by atoms with Crippen LogP contribution in [0.3, 0.4) is 0 Å². The zero-order valence-corrected chi connectivity index (χ0v) is 10.7. The lowest BCUT2D eigenvalue weighted by molar-refractivity contribution is -0.0799. The third-order valence-corrected chi connectivity index (χ3v) is 3.30. The predicted molar refractivity (Wildman–Crippen MR) is 69.8 cm³/mol. The van der Waals surface area contributed by atoms with Crippen LogP contribution < -0.4 is 5.73 Å². The largest absolute Gasteiger partial charge is 0.373 e. The summed E-state index contributed by atoms with van der Waals surface area (Å²) < 4.78 is 5.76. The lowest BCUT2D eigenvalue weighted by Crippen LogP contribution is -2.48. The Morgan fingerprint density at radius 2 is 1.82 bits per heavy atom. The molecule has 0 spiro atoms. The average molecular weight is 234 g/mol. The molecule has 1 aliphatic heterocycles. The molecule has 17 heavy (non-hydrogen) atoms. The van der Waals surface area contributed by atoms with Crippen molar-refractivity contribution >= 4 is 0 Å². The number of ether oxygens (including phenoxy) is 1. The van der Waals surface area contributed by atoms with Crippen molar-refractivity contribution in [2.45, 2.75) is 32.1 Å². The molecule has 0 aliphatic carbocycles. The van der Waals surface area contributed by atoms with Crippen LogP contribution in [0.25, 0.3) is 0 Å². The van der Waals surface area contributed by atoms with Crippen LogP contribution >= 0.6 is 0 Å². The van der Waals surface area contributed by atoms with Gasteiger partial charge >= 0.3 is 0 Å². The van der Waals surface area contributed by atoms with Gasteiger partial charge in [-0.1, -0.05) is 30.3 Å². The molecule has 2 rings (SSSR count). The summed E-state index contributed by atoms with van der Waals surface area (Å²) in [4.78, 5) is 2.44. The van der Waals surface area contributed by atoms with Crippen molar-refractivity contribution in [3.05, 3.63) is 35.9 Å². The van der Waals surface area contributed by atoms with Gasteiger partial charge in [-0.05, 0) is 19.4 Å². The molecule has 1 aromatic carbocycles. The van der Waals surface area contributed by atoms with Gasteiger partial charge in [0.25, 0.3) is 0 Å². The molecule has 1 fully saturated rings. The fourth-order valence-electron chi connectivity index (χ4n) is 2.64. The van der Waals surface area contributed by atoms with E-state index in [2.05, 4.69) is 43.0 Å². The maximum atomic E-state index is 5.94. The van der Waals surface area contributed by atoms with Crippen molar-refractivity contribution in [2.75, 3.05) is 19.6 Å². The highest BCUT2D eigenvalue weighted by molar-refractivity contribution is 5.19. The van der Waals surface area contributed by atoms with Gasteiger partial charge in [-0.3, -0.25) is 4.90 Å². The average Bonchev–Trinajstić information content (AvgIpc) is 2.30. The van der Waals surface area contributed by atoms with Gasteiger partial charge in [-0.25, -0.2) is 0 Å². The van der Waals surface area contributed by atoms with Gasteiger partial charge in [0, 0.05) is 25.7 Å². The number of rotatable bonds is 3. The van der Waals surface area contributed by atoms with E-state index in [-0.39, 0.29) is 12.2 Å². The van der Waals surface area contributed by atoms with Gasteiger partial charge < -0.3 is 10.5 Å². The molecule has 3 nitrogen and oxygen atoms in total. The van der Waals surface area contributed by atoms with Crippen LogP contribution in [0, 0.1) is 0 Å². The Balaban J connectivity index is 2.13. The summed E-state index contributed by atoms with van der Waals surface area (Å²) in [6.07, 6.45) is 0.577. The molecule has 0 bridgehead atoms. The summed E-state index contributed by atoms with van der Waals surface area (Å²) in [6.45, 7) is 6.83. The van der Waals surface area contributed by atoms with Gasteiger partial charge in [0.2, 0.25) is 0 Å². The van der Waals surface area contributed by atoms with E-state index in [0.29, 0.717) is 12.6 Å². The monoisotopic (exact) mass is 234 g/mol. The second kappa shape index (κ2) is 5.63. The second-order valence-corrected chi connectivity index (χ2v) is 4.87. The maximum absolute atomic E-state index is 5.94. The highest BCUT2D eigenvalue weighted by atomic mass is 16.5. The van der Waals surface area contributed by atoms with E-state index in [1.165, 1.54) is 5.56 Å². The minimum atomic E-state index is 0.288. The van der Waals surface area contributed by atoms with Crippen molar-refractivity contribution < 1.29 is 4.74 Å². The first-order chi connectivity index (χ1) is 8.20. The molecule has 1 saturated heterocycles. The van der Waals surface area contributed by atoms with Gasteiger partial charge in [0.1, 0.15) is 0 Å². The van der Waals surface area contributed by atoms with Crippen molar-refractivity contribution in [3.8, 4) is 0 Å². The molecule has 3 unspecified atom stereocenters. The Hall–Kier alpha value is -0.900. The Morgan fingerprint density at radius 3 is 2.35 bits per heavy atom. The predicted octanol–water partition coefficient (Wildman–Crippen LogP) is 1.80. The van der Waals surface area contributed by atoms with E-state index in [0.717, 1.165) is 13.1 Å². The normalized spacial score (nSPS) is 27.9. The highest BCUT2D eigenvalue weighted by Crippen LogP contribution is 2.23. The lowest BCUT2D eigenvalue weighted by Gasteiger charge is -2.40. The molecule has 1 aromatic rings. The minimum absolute atomic E-state index is 0.288. The van der Waals surface area contributed by atoms with E-state index < -0.39 is 0 Å². The molecule has 0 saturated carbocycles. The van der Waals surface area contributed by atoms with Crippen molar-refractivity contribution in [1.29, 1.82) is 0 Å². The van der Waals surface area contributed by atoms with Crippen LogP contribution in [0.15, 0.2) is 30.3 Å². The Morgan fingerprint density at radius 1 is 1.24 bits per heavy atom. The maximum Gasteiger partial charge on any atom is 0.0678 e. The van der Waals surface area contributed by atoms with Crippen LogP contribution in [0.1, 0.15) is 25.5 Å². The molecule has 0 radical (unpaired) electrons. The molecule has 2 N–H and O–H groups in total. The van der Waals surface area contributed by atoms with E-state index in [4.69, 9.17) is 10.5 Å². The molecule has 94 valence electrons. The van der Waals surface area contributed by atoms with Crippen LogP contribution in [-0.4, -0.2) is 36.7 Å². The zero-order chi connectivity index (χ0) is 12.3. The first kappa shape index (κ1) is 12.6. The Labute approximate surface area is 104 Å². The topological polar surface area (TPSA) is 38.5 Å². The number of hydrogen-bond donors (Lipinski definition) is 1. The molecule has 0 aromatic heterocycles. The zero-order valence-electron chi connectivity index (χ0n) is 10.7. The van der Waals surface area contributed by atoms with E-state index in [9.17, 15) is 0 Å². The fourth-order valence-corrected chi connectivity index (χ4v) is 2.64. The van der Waals surface area contributed by atoms with Crippen molar-refractivity contribution in [2.24, 2.45) is 5.73 Å². The summed E-state index contributed by atoms with van der Waals surface area (Å²) in [5.41, 5.74) is 7.25. The molecular formula is C14H22N2O. The smallest absolute Gasteiger partial charge is 0.0678 e. The Kier molecular flexibility index (Phi) is 4.15. The van der Waals surface area contributed by atoms with Gasteiger partial charge in [0.05, 0.1) is 12.2 Å². The number of benzene rings is 1. The van der Waals surface area contributed by atoms with E-state index in [1.54, 1.807) is 0 Å². The molecule has 0 amide bonds. The van der Waals surface area contributed by atoms with Gasteiger partial charge in [-0.15, -0.1) is 0 Å². The minimum Gasteiger partial charge on any atom is -0.373 e. The van der Waals surface area contributed by atoms with Crippen LogP contribution in [0.2, 0.25) is 0 Å². The van der Waals surface area contributed by atoms with E-state index >= 15 is 0 Å². The summed E-state index contributed by atoms with van der Waals surface area (Å²) in [5, 5.41) is 0. The molecular weight excluding hydrogens is 212 g/mol. The highest BCUT2D eigenvalue weighted by Gasteiger charge is 2.27. The quantitative estimate of drug-likeness (QED) is 0.866. The summed E-state index contributed by atoms with van der Waals surface area (Å²) in [5.74, 6) is 0. The molecule has 1 heterocycles. The first-order valence-electron chi connectivity index (χ1n) is 6.35. The summed E-state index contributed by atoms with van der Waals surface area (Å²) in [7, 11) is 0. The number of hydrogen-bond acceptors (Lipinski definition) is 3. The van der Waals surface area contributed by atoms with Crippen molar-refractivity contribution in [1.82, 2.24) is 4.90 Å². The molecule has 3 atom stereocenters. The Bertz CT molecular complexity index is 331. The van der Waals surface area contributed by atoms with Gasteiger partial charge in [-0.2, -0.15) is 0 Å². The van der Waals surface area contributed by atoms with Crippen LogP contribution in [-0.2, 0) is 4.74 Å². The third-order valence-electron chi connectivity index (χ3n) is 3.30. The van der Waals surface area contributed by atoms with Crippen LogP contribution in [0.4, 0.5) is 0 Å². The number of nitrogens with two attached hydrogens (primary N) is 1. The third kappa shape index (κ3) is 3.06. The molecule has 1 aliphatic rings. The second-order valence-electron chi connectivity index (χ2n) is 4.87. The lowest BCUT2D eigenvalue weighted by atomic mass is 10.0. The first-order valence-corrected chi connectivity index (χ1v) is 6.35.